The van der Waals surface area contributed by atoms with Crippen molar-refractivity contribution in [2.45, 2.75) is 24.4 Å². The summed E-state index contributed by atoms with van der Waals surface area (Å²) in [6.07, 6.45) is 3.59. The van der Waals surface area contributed by atoms with E-state index in [9.17, 15) is 5.11 Å². The molecule has 2 heteroatoms. The van der Waals surface area contributed by atoms with Crippen molar-refractivity contribution in [3.05, 3.63) is 66.0 Å². The fourth-order valence-corrected chi connectivity index (χ4v) is 4.20. The average Bonchev–Trinajstić information content (AvgIpc) is 2.89. The van der Waals surface area contributed by atoms with E-state index < -0.39 is 0 Å². The third-order valence-corrected chi connectivity index (χ3v) is 4.94. The summed E-state index contributed by atoms with van der Waals surface area (Å²) < 4.78 is 0. The predicted molar refractivity (Wildman–Crippen MR) is 73.7 cm³/mol. The van der Waals surface area contributed by atoms with Gasteiger partial charge in [0.05, 0.1) is 11.8 Å². The van der Waals surface area contributed by atoms with Crippen LogP contribution in [0.5, 0.6) is 0 Å². The number of aliphatic hydroxyl groups excluding tert-OH is 1. The van der Waals surface area contributed by atoms with Crippen LogP contribution in [0.15, 0.2) is 54.7 Å². The molecule has 2 aliphatic rings. The highest BCUT2D eigenvalue weighted by Gasteiger charge is 2.70. The van der Waals surface area contributed by atoms with Crippen LogP contribution in [-0.4, -0.2) is 16.2 Å². The highest BCUT2D eigenvalue weighted by molar-refractivity contribution is 5.48. The molecule has 1 aromatic heterocycles. The average molecular weight is 251 g/mol. The van der Waals surface area contributed by atoms with Crippen molar-refractivity contribution in [3.8, 4) is 0 Å². The maximum absolute atomic E-state index is 9.84. The summed E-state index contributed by atoms with van der Waals surface area (Å²) in [6.45, 7) is 0. The number of pyridine rings is 1. The Kier molecular flexibility index (Phi) is 2.30. The van der Waals surface area contributed by atoms with Gasteiger partial charge in [0, 0.05) is 11.6 Å². The normalized spacial score (nSPS) is 35.9. The quantitative estimate of drug-likeness (QED) is 0.890. The topological polar surface area (TPSA) is 33.1 Å². The lowest BCUT2D eigenvalue weighted by Crippen LogP contribution is -2.21. The van der Waals surface area contributed by atoms with Crippen LogP contribution in [0.4, 0.5) is 0 Å². The van der Waals surface area contributed by atoms with Crippen LogP contribution in [0.25, 0.3) is 0 Å². The maximum Gasteiger partial charge on any atom is 0.0546 e. The van der Waals surface area contributed by atoms with E-state index in [4.69, 9.17) is 0 Å². The lowest BCUT2D eigenvalue weighted by Gasteiger charge is -2.22. The standard InChI is InChI=1S/C17H17NO/c19-13-10-14-15(11-13)17(14,12-6-2-1-3-7-12)16-8-4-5-9-18-16/h1-9,13-15,19H,10-11H2/t13?,14-,15+,17?. The number of fused-ring (bicyclic) bond motifs is 1. The van der Waals surface area contributed by atoms with Crippen LogP contribution in [0, 0.1) is 11.8 Å². The van der Waals surface area contributed by atoms with Gasteiger partial charge >= 0.3 is 0 Å². The van der Waals surface area contributed by atoms with E-state index in [0.29, 0.717) is 11.8 Å². The minimum atomic E-state index is -0.115. The molecule has 2 aromatic rings. The SMILES string of the molecule is OC1C[C@@H]2[C@H](C1)C2(c1ccccc1)c1ccccn1. The number of nitrogens with zero attached hydrogens (tertiary/aromatic N) is 1. The monoisotopic (exact) mass is 251 g/mol. The van der Waals surface area contributed by atoms with Crippen molar-refractivity contribution in [3.63, 3.8) is 0 Å². The fourth-order valence-electron chi connectivity index (χ4n) is 4.20. The Morgan fingerprint density at radius 3 is 2.26 bits per heavy atom. The Bertz CT molecular complexity index is 527. The highest BCUT2D eigenvalue weighted by Crippen LogP contribution is 2.70. The van der Waals surface area contributed by atoms with Crippen molar-refractivity contribution >= 4 is 0 Å². The van der Waals surface area contributed by atoms with Gasteiger partial charge in [0.25, 0.3) is 0 Å². The van der Waals surface area contributed by atoms with Crippen LogP contribution in [0.2, 0.25) is 0 Å². The Balaban J connectivity index is 1.84. The minimum absolute atomic E-state index is 0.0573. The summed E-state index contributed by atoms with van der Waals surface area (Å²) in [5.74, 6) is 1.11. The van der Waals surface area contributed by atoms with Crippen molar-refractivity contribution in [1.29, 1.82) is 0 Å². The molecule has 0 amide bonds. The summed E-state index contributed by atoms with van der Waals surface area (Å²) in [6, 6.07) is 16.8. The number of benzene rings is 1. The van der Waals surface area contributed by atoms with Gasteiger partial charge in [-0.05, 0) is 42.4 Å². The molecule has 4 atom stereocenters. The van der Waals surface area contributed by atoms with Crippen LogP contribution in [-0.2, 0) is 5.41 Å². The molecule has 4 rings (SSSR count). The Morgan fingerprint density at radius 2 is 1.63 bits per heavy atom. The summed E-state index contributed by atoms with van der Waals surface area (Å²) in [5, 5.41) is 9.84. The molecule has 1 aromatic carbocycles. The molecular formula is C17H17NO. The Hall–Kier alpha value is -1.67. The van der Waals surface area contributed by atoms with E-state index >= 15 is 0 Å². The molecule has 0 saturated heterocycles. The number of hydrogen-bond acceptors (Lipinski definition) is 2. The molecule has 2 nitrogen and oxygen atoms in total. The van der Waals surface area contributed by atoms with E-state index in [0.717, 1.165) is 12.8 Å². The van der Waals surface area contributed by atoms with Gasteiger partial charge in [0.1, 0.15) is 0 Å². The minimum Gasteiger partial charge on any atom is -0.393 e. The van der Waals surface area contributed by atoms with Gasteiger partial charge in [-0.25, -0.2) is 0 Å². The molecule has 0 bridgehead atoms. The van der Waals surface area contributed by atoms with Crippen molar-refractivity contribution in [1.82, 2.24) is 4.98 Å². The highest BCUT2D eigenvalue weighted by atomic mass is 16.3. The number of rotatable bonds is 2. The first-order valence-corrected chi connectivity index (χ1v) is 6.98. The second-order valence-corrected chi connectivity index (χ2v) is 5.79. The summed E-state index contributed by atoms with van der Waals surface area (Å²) >= 11 is 0. The molecule has 96 valence electrons. The third-order valence-electron chi connectivity index (χ3n) is 4.94. The van der Waals surface area contributed by atoms with Crippen LogP contribution in [0.1, 0.15) is 24.1 Å². The molecule has 0 aliphatic heterocycles. The van der Waals surface area contributed by atoms with Gasteiger partial charge in [-0.15, -0.1) is 0 Å². The first-order valence-electron chi connectivity index (χ1n) is 6.98. The number of aliphatic hydroxyl groups is 1. The first kappa shape index (κ1) is 11.2. The lowest BCUT2D eigenvalue weighted by molar-refractivity contribution is 0.159. The zero-order valence-electron chi connectivity index (χ0n) is 10.7. The summed E-state index contributed by atoms with van der Waals surface area (Å²) in [5.41, 5.74) is 2.58. The molecule has 1 heterocycles. The predicted octanol–water partition coefficient (Wildman–Crippen LogP) is 2.77. The molecule has 2 saturated carbocycles. The van der Waals surface area contributed by atoms with E-state index in [-0.39, 0.29) is 11.5 Å². The molecule has 1 N–H and O–H groups in total. The smallest absolute Gasteiger partial charge is 0.0546 e. The van der Waals surface area contributed by atoms with Gasteiger partial charge in [0.15, 0.2) is 0 Å². The summed E-state index contributed by atoms with van der Waals surface area (Å²) in [4.78, 5) is 4.62. The zero-order valence-corrected chi connectivity index (χ0v) is 10.7. The molecule has 0 radical (unpaired) electrons. The molecule has 2 unspecified atom stereocenters. The number of aromatic nitrogens is 1. The largest absolute Gasteiger partial charge is 0.393 e. The van der Waals surface area contributed by atoms with Gasteiger partial charge in [-0.3, -0.25) is 4.98 Å². The van der Waals surface area contributed by atoms with Gasteiger partial charge in [0.2, 0.25) is 0 Å². The van der Waals surface area contributed by atoms with Crippen LogP contribution < -0.4 is 0 Å². The summed E-state index contributed by atoms with van der Waals surface area (Å²) in [7, 11) is 0. The Labute approximate surface area is 113 Å². The molecule has 2 fully saturated rings. The molecule has 0 spiro atoms. The molecule has 2 aliphatic carbocycles. The van der Waals surface area contributed by atoms with Gasteiger partial charge < -0.3 is 5.11 Å². The van der Waals surface area contributed by atoms with Crippen molar-refractivity contribution in [2.24, 2.45) is 11.8 Å². The molecular weight excluding hydrogens is 234 g/mol. The van der Waals surface area contributed by atoms with Gasteiger partial charge in [-0.2, -0.15) is 0 Å². The van der Waals surface area contributed by atoms with E-state index in [1.807, 2.05) is 12.3 Å². The van der Waals surface area contributed by atoms with E-state index in [2.05, 4.69) is 47.4 Å². The first-order chi connectivity index (χ1) is 9.33. The zero-order chi connectivity index (χ0) is 12.9. The van der Waals surface area contributed by atoms with Crippen LogP contribution >= 0.6 is 0 Å². The molecule has 19 heavy (non-hydrogen) atoms. The second kappa shape index (κ2) is 3.91. The van der Waals surface area contributed by atoms with E-state index in [1.165, 1.54) is 11.3 Å². The van der Waals surface area contributed by atoms with Crippen LogP contribution in [0.3, 0.4) is 0 Å². The number of hydrogen-bond donors (Lipinski definition) is 1. The Morgan fingerprint density at radius 1 is 0.947 bits per heavy atom. The van der Waals surface area contributed by atoms with E-state index in [1.54, 1.807) is 0 Å². The third kappa shape index (κ3) is 1.44. The van der Waals surface area contributed by atoms with Crippen molar-refractivity contribution in [2.75, 3.05) is 0 Å². The van der Waals surface area contributed by atoms with Gasteiger partial charge in [-0.1, -0.05) is 36.4 Å². The second-order valence-electron chi connectivity index (χ2n) is 5.79. The fraction of sp³-hybridized carbons (Fsp3) is 0.353. The maximum atomic E-state index is 9.84. The lowest BCUT2D eigenvalue weighted by atomic mass is 9.83. The van der Waals surface area contributed by atoms with Crippen molar-refractivity contribution < 1.29 is 5.11 Å².